The highest BCUT2D eigenvalue weighted by Gasteiger charge is 2.14. The molecule has 19 heavy (non-hydrogen) atoms. The number of ether oxygens (including phenoxy) is 2. The molecule has 0 heterocycles. The van der Waals surface area contributed by atoms with Crippen LogP contribution in [-0.4, -0.2) is 19.3 Å². The van der Waals surface area contributed by atoms with Crippen LogP contribution in [0.5, 0.6) is 11.5 Å². The first-order valence-electron chi connectivity index (χ1n) is 6.82. The lowest BCUT2D eigenvalue weighted by Crippen LogP contribution is -2.03. The summed E-state index contributed by atoms with van der Waals surface area (Å²) in [6.07, 6.45) is 7.24. The minimum absolute atomic E-state index is 0.492. The van der Waals surface area contributed by atoms with Crippen molar-refractivity contribution in [2.75, 3.05) is 14.2 Å². The normalized spacial score (nSPS) is 16.7. The highest BCUT2D eigenvalue weighted by Crippen LogP contribution is 2.31. The van der Waals surface area contributed by atoms with E-state index in [1.165, 1.54) is 18.4 Å². The van der Waals surface area contributed by atoms with Crippen molar-refractivity contribution >= 4 is 0 Å². The zero-order chi connectivity index (χ0) is 13.7. The van der Waals surface area contributed by atoms with Crippen LogP contribution >= 0.6 is 0 Å². The lowest BCUT2D eigenvalue weighted by Gasteiger charge is -2.18. The Balaban J connectivity index is 2.13. The van der Waals surface area contributed by atoms with Crippen molar-refractivity contribution in [3.8, 4) is 11.5 Å². The van der Waals surface area contributed by atoms with Crippen LogP contribution in [0.25, 0.3) is 0 Å². The second-order valence-electron chi connectivity index (χ2n) is 4.97. The number of methoxy groups -OCH3 is 2. The van der Waals surface area contributed by atoms with Gasteiger partial charge >= 0.3 is 0 Å². The molecule has 0 fully saturated rings. The molecule has 0 radical (unpaired) electrons. The maximum Gasteiger partial charge on any atom is 0.122 e. The standard InChI is InChI=1S/C16H22O3/c1-18-14-9-13(10-15(11-14)19-2)16(17)8-12-6-4-3-5-7-12/h6,9-11,16-17H,3-5,7-8H2,1-2H3. The zero-order valence-corrected chi connectivity index (χ0v) is 11.7. The molecular weight excluding hydrogens is 240 g/mol. The topological polar surface area (TPSA) is 38.7 Å². The molecule has 3 nitrogen and oxygen atoms in total. The fraction of sp³-hybridized carbons (Fsp3) is 0.500. The first-order chi connectivity index (χ1) is 9.22. The maximum absolute atomic E-state index is 10.4. The average Bonchev–Trinajstić information content (AvgIpc) is 2.47. The first kappa shape index (κ1) is 13.9. The molecule has 0 saturated heterocycles. The Labute approximate surface area is 114 Å². The fourth-order valence-electron chi connectivity index (χ4n) is 2.48. The molecule has 3 heteroatoms. The van der Waals surface area contributed by atoms with Gasteiger partial charge in [-0.05, 0) is 49.8 Å². The number of hydrogen-bond acceptors (Lipinski definition) is 3. The fourth-order valence-corrected chi connectivity index (χ4v) is 2.48. The number of aliphatic hydroxyl groups is 1. The zero-order valence-electron chi connectivity index (χ0n) is 11.7. The molecule has 2 rings (SSSR count). The Hall–Kier alpha value is -1.48. The number of aliphatic hydroxyl groups excluding tert-OH is 1. The summed E-state index contributed by atoms with van der Waals surface area (Å²) in [4.78, 5) is 0. The van der Waals surface area contributed by atoms with Gasteiger partial charge in [0, 0.05) is 6.07 Å². The molecule has 0 bridgehead atoms. The van der Waals surface area contributed by atoms with E-state index in [1.807, 2.05) is 18.2 Å². The molecule has 1 aromatic rings. The minimum atomic E-state index is -0.492. The van der Waals surface area contributed by atoms with E-state index in [4.69, 9.17) is 9.47 Å². The van der Waals surface area contributed by atoms with Crippen LogP contribution in [-0.2, 0) is 0 Å². The smallest absolute Gasteiger partial charge is 0.122 e. The third kappa shape index (κ3) is 3.74. The molecule has 0 aliphatic heterocycles. The van der Waals surface area contributed by atoms with Gasteiger partial charge in [0.05, 0.1) is 20.3 Å². The summed E-state index contributed by atoms with van der Waals surface area (Å²) in [7, 11) is 3.24. The Morgan fingerprint density at radius 2 is 1.79 bits per heavy atom. The largest absolute Gasteiger partial charge is 0.497 e. The Morgan fingerprint density at radius 3 is 2.32 bits per heavy atom. The van der Waals surface area contributed by atoms with Gasteiger partial charge in [-0.3, -0.25) is 0 Å². The van der Waals surface area contributed by atoms with Crippen molar-refractivity contribution in [1.29, 1.82) is 0 Å². The SMILES string of the molecule is COc1cc(OC)cc(C(O)CC2=CCCCC2)c1. The maximum atomic E-state index is 10.4. The third-order valence-electron chi connectivity index (χ3n) is 3.60. The Bertz CT molecular complexity index is 429. The summed E-state index contributed by atoms with van der Waals surface area (Å²) >= 11 is 0. The van der Waals surface area contributed by atoms with Crippen LogP contribution in [0.3, 0.4) is 0 Å². The second-order valence-corrected chi connectivity index (χ2v) is 4.97. The van der Waals surface area contributed by atoms with Crippen molar-refractivity contribution in [3.05, 3.63) is 35.4 Å². The van der Waals surface area contributed by atoms with Crippen molar-refractivity contribution < 1.29 is 14.6 Å². The van der Waals surface area contributed by atoms with E-state index < -0.39 is 6.10 Å². The highest BCUT2D eigenvalue weighted by atomic mass is 16.5. The number of benzene rings is 1. The van der Waals surface area contributed by atoms with Crippen molar-refractivity contribution in [2.24, 2.45) is 0 Å². The predicted molar refractivity (Wildman–Crippen MR) is 75.7 cm³/mol. The number of hydrogen-bond donors (Lipinski definition) is 1. The average molecular weight is 262 g/mol. The van der Waals surface area contributed by atoms with Crippen LogP contribution in [0.2, 0.25) is 0 Å². The third-order valence-corrected chi connectivity index (χ3v) is 3.60. The van der Waals surface area contributed by atoms with E-state index >= 15 is 0 Å². The molecule has 1 atom stereocenters. The van der Waals surface area contributed by atoms with E-state index in [9.17, 15) is 5.11 Å². The molecule has 0 amide bonds. The lowest BCUT2D eigenvalue weighted by atomic mass is 9.93. The summed E-state index contributed by atoms with van der Waals surface area (Å²) < 4.78 is 10.5. The van der Waals surface area contributed by atoms with E-state index in [1.54, 1.807) is 14.2 Å². The van der Waals surface area contributed by atoms with Crippen molar-refractivity contribution in [3.63, 3.8) is 0 Å². The van der Waals surface area contributed by atoms with Crippen molar-refractivity contribution in [2.45, 2.75) is 38.2 Å². The molecule has 1 unspecified atom stereocenters. The van der Waals surface area contributed by atoms with Crippen LogP contribution < -0.4 is 9.47 Å². The van der Waals surface area contributed by atoms with E-state index in [0.29, 0.717) is 17.9 Å². The van der Waals surface area contributed by atoms with Gasteiger partial charge in [0.2, 0.25) is 0 Å². The summed E-state index contributed by atoms with van der Waals surface area (Å²) in [5.41, 5.74) is 2.21. The van der Waals surface area contributed by atoms with Gasteiger partial charge in [0.1, 0.15) is 11.5 Å². The monoisotopic (exact) mass is 262 g/mol. The van der Waals surface area contributed by atoms with Gasteiger partial charge in [-0.2, -0.15) is 0 Å². The first-order valence-corrected chi connectivity index (χ1v) is 6.82. The van der Waals surface area contributed by atoms with Crippen LogP contribution in [0.4, 0.5) is 0 Å². The summed E-state index contributed by atoms with van der Waals surface area (Å²) in [6.45, 7) is 0. The summed E-state index contributed by atoms with van der Waals surface area (Å²) in [6, 6.07) is 5.56. The van der Waals surface area contributed by atoms with Gasteiger partial charge in [-0.15, -0.1) is 0 Å². The van der Waals surface area contributed by atoms with Gasteiger partial charge in [-0.25, -0.2) is 0 Å². The van der Waals surface area contributed by atoms with E-state index in [2.05, 4.69) is 6.08 Å². The Morgan fingerprint density at radius 1 is 1.11 bits per heavy atom. The van der Waals surface area contributed by atoms with Crippen LogP contribution in [0.1, 0.15) is 43.8 Å². The van der Waals surface area contributed by atoms with Crippen LogP contribution in [0, 0.1) is 0 Å². The minimum Gasteiger partial charge on any atom is -0.497 e. The molecule has 1 aromatic carbocycles. The molecule has 0 spiro atoms. The molecule has 0 saturated carbocycles. The number of allylic oxidation sites excluding steroid dienone is 1. The lowest BCUT2D eigenvalue weighted by molar-refractivity contribution is 0.175. The molecule has 1 aliphatic rings. The molecule has 1 N–H and O–H groups in total. The van der Waals surface area contributed by atoms with Gasteiger partial charge in [-0.1, -0.05) is 11.6 Å². The van der Waals surface area contributed by atoms with E-state index in [0.717, 1.165) is 18.4 Å². The van der Waals surface area contributed by atoms with Crippen LogP contribution in [0.15, 0.2) is 29.8 Å². The van der Waals surface area contributed by atoms with Crippen molar-refractivity contribution in [1.82, 2.24) is 0 Å². The summed E-state index contributed by atoms with van der Waals surface area (Å²) in [5.74, 6) is 1.43. The van der Waals surface area contributed by atoms with Gasteiger partial charge in [0.15, 0.2) is 0 Å². The van der Waals surface area contributed by atoms with Gasteiger partial charge in [0.25, 0.3) is 0 Å². The molecule has 104 valence electrons. The summed E-state index contributed by atoms with van der Waals surface area (Å²) in [5, 5.41) is 10.4. The molecule has 1 aliphatic carbocycles. The predicted octanol–water partition coefficient (Wildman–Crippen LogP) is 3.63. The van der Waals surface area contributed by atoms with E-state index in [-0.39, 0.29) is 0 Å². The molecule has 0 aromatic heterocycles. The second kappa shape index (κ2) is 6.62. The number of rotatable bonds is 5. The quantitative estimate of drug-likeness (QED) is 0.824. The molecular formula is C16H22O3. The highest BCUT2D eigenvalue weighted by molar-refractivity contribution is 5.39. The van der Waals surface area contributed by atoms with Gasteiger partial charge < -0.3 is 14.6 Å². The Kier molecular flexibility index (Phi) is 4.86.